The van der Waals surface area contributed by atoms with Crippen LogP contribution in [0.1, 0.15) is 11.1 Å². The molecule has 12 heteroatoms. The van der Waals surface area contributed by atoms with Crippen molar-refractivity contribution in [2.45, 2.75) is 6.18 Å². The van der Waals surface area contributed by atoms with Crippen LogP contribution in [0.3, 0.4) is 0 Å². The van der Waals surface area contributed by atoms with Crippen LogP contribution in [0, 0.1) is 0 Å². The molecule has 9 nitrogen and oxygen atoms in total. The van der Waals surface area contributed by atoms with E-state index in [9.17, 15) is 13.2 Å². The van der Waals surface area contributed by atoms with Crippen molar-refractivity contribution in [2.24, 2.45) is 4.99 Å². The molecule has 2 fully saturated rings. The number of ether oxygens (including phenoxy) is 1. The lowest BCUT2D eigenvalue weighted by Crippen LogP contribution is -2.48. The number of alkyl halides is 3. The second-order valence-electron chi connectivity index (χ2n) is 8.72. The van der Waals surface area contributed by atoms with E-state index in [0.29, 0.717) is 70.2 Å². The highest BCUT2D eigenvalue weighted by Gasteiger charge is 2.36. The van der Waals surface area contributed by atoms with Crippen LogP contribution in [-0.2, 0) is 10.9 Å². The lowest BCUT2D eigenvalue weighted by atomic mass is 10.1. The first-order valence-electron chi connectivity index (χ1n) is 12.1. The molecule has 2 aliphatic heterocycles. The summed E-state index contributed by atoms with van der Waals surface area (Å²) in [6, 6.07) is 10.2. The van der Waals surface area contributed by atoms with Gasteiger partial charge in [-0.1, -0.05) is 18.2 Å². The summed E-state index contributed by atoms with van der Waals surface area (Å²) in [5, 5.41) is 0. The number of rotatable bonds is 5. The van der Waals surface area contributed by atoms with Crippen molar-refractivity contribution >= 4 is 23.9 Å². The zero-order valence-electron chi connectivity index (χ0n) is 20.4. The summed E-state index contributed by atoms with van der Waals surface area (Å²) in [7, 11) is 1.71. The fourth-order valence-electron chi connectivity index (χ4n) is 4.42. The van der Waals surface area contributed by atoms with Gasteiger partial charge < -0.3 is 19.4 Å². The topological polar surface area (TPSA) is 82.9 Å². The normalized spacial score (nSPS) is 17.0. The molecule has 0 unspecified atom stereocenters. The van der Waals surface area contributed by atoms with Gasteiger partial charge in [-0.05, 0) is 23.8 Å². The Balaban J connectivity index is 1.43. The van der Waals surface area contributed by atoms with Gasteiger partial charge in [0.1, 0.15) is 5.82 Å². The molecule has 0 radical (unpaired) electrons. The van der Waals surface area contributed by atoms with Crippen LogP contribution in [0.15, 0.2) is 47.6 Å². The number of nitrogens with zero attached hydrogens (tertiary/aromatic N) is 8. The van der Waals surface area contributed by atoms with Crippen molar-refractivity contribution in [3.05, 3.63) is 53.7 Å². The van der Waals surface area contributed by atoms with Crippen LogP contribution in [-0.4, -0.2) is 85.7 Å². The Morgan fingerprint density at radius 2 is 1.54 bits per heavy atom. The number of anilines is 3. The molecule has 0 saturated carbocycles. The van der Waals surface area contributed by atoms with E-state index in [-0.39, 0.29) is 5.82 Å². The fraction of sp³-hybridized carbons (Fsp3) is 0.400. The molecule has 2 saturated heterocycles. The minimum atomic E-state index is -4.46. The third kappa shape index (κ3) is 5.63. The monoisotopic (exact) mass is 512 g/mol. The zero-order valence-corrected chi connectivity index (χ0v) is 20.4. The van der Waals surface area contributed by atoms with Crippen LogP contribution in [0.5, 0.6) is 0 Å². The fourth-order valence-corrected chi connectivity index (χ4v) is 4.42. The van der Waals surface area contributed by atoms with E-state index in [1.54, 1.807) is 18.2 Å². The quantitative estimate of drug-likeness (QED) is 0.483. The summed E-state index contributed by atoms with van der Waals surface area (Å²) in [6.07, 6.45) is -1.31. The number of aromatic nitrogens is 4. The van der Waals surface area contributed by atoms with Crippen LogP contribution < -0.4 is 14.7 Å². The van der Waals surface area contributed by atoms with Gasteiger partial charge in [-0.2, -0.15) is 28.1 Å². The Morgan fingerprint density at radius 3 is 2.22 bits per heavy atom. The van der Waals surface area contributed by atoms with Gasteiger partial charge in [0.25, 0.3) is 0 Å². The van der Waals surface area contributed by atoms with Crippen molar-refractivity contribution < 1.29 is 17.9 Å². The zero-order chi connectivity index (χ0) is 25.8. The predicted molar refractivity (Wildman–Crippen MR) is 135 cm³/mol. The van der Waals surface area contributed by atoms with Crippen molar-refractivity contribution in [1.82, 2.24) is 19.9 Å². The Labute approximate surface area is 212 Å². The summed E-state index contributed by atoms with van der Waals surface area (Å²) >= 11 is 0. The summed E-state index contributed by atoms with van der Waals surface area (Å²) < 4.78 is 46.1. The highest BCUT2D eigenvalue weighted by molar-refractivity contribution is 5.81. The van der Waals surface area contributed by atoms with Crippen molar-refractivity contribution in [3.63, 3.8) is 0 Å². The Kier molecular flexibility index (Phi) is 7.17. The van der Waals surface area contributed by atoms with Gasteiger partial charge in [-0.15, -0.1) is 0 Å². The van der Waals surface area contributed by atoms with Crippen LogP contribution in [0.25, 0.3) is 11.4 Å². The van der Waals surface area contributed by atoms with E-state index in [0.717, 1.165) is 17.2 Å². The van der Waals surface area contributed by atoms with E-state index in [4.69, 9.17) is 19.7 Å². The molecule has 4 heterocycles. The lowest BCUT2D eigenvalue weighted by Gasteiger charge is -2.36. The number of halogens is 3. The number of pyridine rings is 1. The average Bonchev–Trinajstić information content (AvgIpc) is 2.93. The highest BCUT2D eigenvalue weighted by Crippen LogP contribution is 2.35. The number of benzene rings is 1. The molecule has 37 heavy (non-hydrogen) atoms. The number of aliphatic imine (C=N–C) groups is 1. The number of morpholine rings is 1. The molecular weight excluding hydrogens is 485 g/mol. The summed E-state index contributed by atoms with van der Waals surface area (Å²) in [5.41, 5.74) is 1.04. The smallest absolute Gasteiger partial charge is 0.378 e. The standard InChI is InChI=1S/C25H27F3N8O/c1-29-17-18-4-2-5-19(16-18)21-31-23(33-24(32-21)36-12-14-37-15-13-36)35-10-8-34(9-11-35)22-20(25(26,27)28)6-3-7-30-22/h2-7,16-17H,8-15H2,1H3. The van der Waals surface area contributed by atoms with Gasteiger partial charge in [-0.3, -0.25) is 4.99 Å². The molecule has 0 N–H and O–H groups in total. The maximum atomic E-state index is 13.5. The maximum absolute atomic E-state index is 13.5. The van der Waals surface area contributed by atoms with Gasteiger partial charge in [0, 0.05) is 64.3 Å². The molecule has 0 bridgehead atoms. The minimum Gasteiger partial charge on any atom is -0.378 e. The van der Waals surface area contributed by atoms with E-state index >= 15 is 0 Å². The molecule has 0 spiro atoms. The van der Waals surface area contributed by atoms with Crippen molar-refractivity contribution in [1.29, 1.82) is 0 Å². The van der Waals surface area contributed by atoms with E-state index in [1.807, 2.05) is 29.2 Å². The molecule has 0 amide bonds. The summed E-state index contributed by atoms with van der Waals surface area (Å²) in [6.45, 7) is 4.11. The van der Waals surface area contributed by atoms with Crippen LogP contribution in [0.2, 0.25) is 0 Å². The van der Waals surface area contributed by atoms with E-state index in [2.05, 4.69) is 14.9 Å². The molecule has 0 aliphatic carbocycles. The summed E-state index contributed by atoms with van der Waals surface area (Å²) in [4.78, 5) is 28.1. The molecule has 2 aliphatic rings. The van der Waals surface area contributed by atoms with Crippen molar-refractivity contribution in [3.8, 4) is 11.4 Å². The SMILES string of the molecule is CN=Cc1cccc(-c2nc(N3CCOCC3)nc(N3CCN(c4ncccc4C(F)(F)F)CC3)n2)c1. The van der Waals surface area contributed by atoms with Gasteiger partial charge in [0.15, 0.2) is 5.82 Å². The van der Waals surface area contributed by atoms with Gasteiger partial charge >= 0.3 is 6.18 Å². The molecular formula is C25H27F3N8O. The first kappa shape index (κ1) is 24.9. The van der Waals surface area contributed by atoms with E-state index in [1.165, 1.54) is 12.3 Å². The second-order valence-corrected chi connectivity index (χ2v) is 8.72. The van der Waals surface area contributed by atoms with Crippen molar-refractivity contribution in [2.75, 3.05) is 74.2 Å². The molecule has 194 valence electrons. The third-order valence-electron chi connectivity index (χ3n) is 6.28. The highest BCUT2D eigenvalue weighted by atomic mass is 19.4. The Bertz CT molecular complexity index is 1250. The average molecular weight is 513 g/mol. The minimum absolute atomic E-state index is 0.0469. The molecule has 2 aromatic heterocycles. The Morgan fingerprint density at radius 1 is 0.865 bits per heavy atom. The first-order chi connectivity index (χ1) is 17.9. The predicted octanol–water partition coefficient (Wildman–Crippen LogP) is 3.16. The third-order valence-corrected chi connectivity index (χ3v) is 6.28. The van der Waals surface area contributed by atoms with Crippen LogP contribution in [0.4, 0.5) is 30.9 Å². The second kappa shape index (κ2) is 10.7. The molecule has 0 atom stereocenters. The summed E-state index contributed by atoms with van der Waals surface area (Å²) in [5.74, 6) is 1.54. The molecule has 3 aromatic rings. The number of hydrogen-bond donors (Lipinski definition) is 0. The number of hydrogen-bond acceptors (Lipinski definition) is 9. The van der Waals surface area contributed by atoms with Gasteiger partial charge in [-0.25, -0.2) is 4.98 Å². The van der Waals surface area contributed by atoms with Gasteiger partial charge in [0.05, 0.1) is 18.8 Å². The maximum Gasteiger partial charge on any atom is 0.419 e. The number of piperazine rings is 1. The molecule has 5 rings (SSSR count). The van der Waals surface area contributed by atoms with Gasteiger partial charge in [0.2, 0.25) is 11.9 Å². The first-order valence-corrected chi connectivity index (χ1v) is 12.1. The van der Waals surface area contributed by atoms with Crippen LogP contribution >= 0.6 is 0 Å². The largest absolute Gasteiger partial charge is 0.419 e. The Hall–Kier alpha value is -3.80. The van der Waals surface area contributed by atoms with E-state index < -0.39 is 11.7 Å². The lowest BCUT2D eigenvalue weighted by molar-refractivity contribution is -0.137. The molecule has 1 aromatic carbocycles.